The van der Waals surface area contributed by atoms with E-state index >= 15 is 0 Å². The molecule has 0 amide bonds. The summed E-state index contributed by atoms with van der Waals surface area (Å²) in [6.45, 7) is 4.33. The highest BCUT2D eigenvalue weighted by Gasteiger charge is 2.20. The van der Waals surface area contributed by atoms with E-state index in [2.05, 4.69) is 11.8 Å². The van der Waals surface area contributed by atoms with Crippen molar-refractivity contribution in [2.45, 2.75) is 58.2 Å². The van der Waals surface area contributed by atoms with Gasteiger partial charge in [-0.1, -0.05) is 38.3 Å². The molecule has 0 saturated heterocycles. The van der Waals surface area contributed by atoms with Crippen LogP contribution in [0.15, 0.2) is 18.2 Å². The number of benzene rings is 1. The average molecular weight is 264 g/mol. The van der Waals surface area contributed by atoms with Crippen molar-refractivity contribution in [3.8, 4) is 0 Å². The molecule has 3 heteroatoms. The summed E-state index contributed by atoms with van der Waals surface area (Å²) in [4.78, 5) is 2.41. The Kier molecular flexibility index (Phi) is 5.34. The van der Waals surface area contributed by atoms with E-state index < -0.39 is 0 Å². The third kappa shape index (κ3) is 3.77. The van der Waals surface area contributed by atoms with E-state index in [0.29, 0.717) is 19.1 Å². The van der Waals surface area contributed by atoms with Crippen molar-refractivity contribution in [3.05, 3.63) is 35.1 Å². The van der Waals surface area contributed by atoms with Crippen LogP contribution in [-0.4, -0.2) is 17.5 Å². The van der Waals surface area contributed by atoms with Crippen LogP contribution >= 0.6 is 0 Å². The monoisotopic (exact) mass is 264 g/mol. The third-order valence-electron chi connectivity index (χ3n) is 4.22. The first-order valence-corrected chi connectivity index (χ1v) is 7.46. The molecule has 0 aliphatic heterocycles. The van der Waals surface area contributed by atoms with E-state index in [1.54, 1.807) is 12.1 Å². The first-order chi connectivity index (χ1) is 9.24. The van der Waals surface area contributed by atoms with E-state index in [0.717, 1.165) is 17.7 Å². The standard InChI is InChI=1S/C16H25FN2/c1-2-19(15-6-4-3-5-7-15)12-14-10-13(11-18)8-9-16(14)17/h8-10,15H,2-7,11-12,18H2,1H3. The Hall–Kier alpha value is -0.930. The molecule has 1 aliphatic carbocycles. The zero-order valence-electron chi connectivity index (χ0n) is 11.9. The number of halogens is 1. The Morgan fingerprint density at radius 1 is 1.26 bits per heavy atom. The topological polar surface area (TPSA) is 29.3 Å². The predicted octanol–water partition coefficient (Wildman–Crippen LogP) is 3.44. The van der Waals surface area contributed by atoms with Crippen molar-refractivity contribution in [3.63, 3.8) is 0 Å². The molecule has 0 bridgehead atoms. The van der Waals surface area contributed by atoms with Crippen LogP contribution in [0.4, 0.5) is 4.39 Å². The Labute approximate surface area is 115 Å². The maximum Gasteiger partial charge on any atom is 0.127 e. The molecule has 2 nitrogen and oxygen atoms in total. The van der Waals surface area contributed by atoms with Crippen LogP contribution in [0.25, 0.3) is 0 Å². The molecule has 2 N–H and O–H groups in total. The lowest BCUT2D eigenvalue weighted by Gasteiger charge is -2.33. The normalized spacial score (nSPS) is 17.1. The van der Waals surface area contributed by atoms with Crippen molar-refractivity contribution in [2.75, 3.05) is 6.54 Å². The molecule has 0 atom stereocenters. The molecule has 106 valence electrons. The maximum absolute atomic E-state index is 13.9. The van der Waals surface area contributed by atoms with Crippen molar-refractivity contribution >= 4 is 0 Å². The Balaban J connectivity index is 2.08. The second-order valence-corrected chi connectivity index (χ2v) is 5.48. The van der Waals surface area contributed by atoms with Crippen molar-refractivity contribution in [1.82, 2.24) is 4.90 Å². The summed E-state index contributed by atoms with van der Waals surface area (Å²) in [6.07, 6.45) is 6.49. The van der Waals surface area contributed by atoms with Gasteiger partial charge in [0.05, 0.1) is 0 Å². The lowest BCUT2D eigenvalue weighted by molar-refractivity contribution is 0.154. The lowest BCUT2D eigenvalue weighted by atomic mass is 9.93. The Morgan fingerprint density at radius 3 is 2.63 bits per heavy atom. The largest absolute Gasteiger partial charge is 0.326 e. The number of nitrogens with zero attached hydrogens (tertiary/aromatic N) is 1. The van der Waals surface area contributed by atoms with Gasteiger partial charge in [-0.05, 0) is 31.0 Å². The number of hydrogen-bond acceptors (Lipinski definition) is 2. The van der Waals surface area contributed by atoms with Crippen molar-refractivity contribution in [1.29, 1.82) is 0 Å². The summed E-state index contributed by atoms with van der Waals surface area (Å²) in [5.41, 5.74) is 7.44. The summed E-state index contributed by atoms with van der Waals surface area (Å²) >= 11 is 0. The first kappa shape index (κ1) is 14.5. The molecule has 0 unspecified atom stereocenters. The highest BCUT2D eigenvalue weighted by atomic mass is 19.1. The first-order valence-electron chi connectivity index (χ1n) is 7.46. The van der Waals surface area contributed by atoms with Gasteiger partial charge in [-0.25, -0.2) is 4.39 Å². The molecular formula is C16H25FN2. The number of rotatable bonds is 5. The molecule has 0 radical (unpaired) electrons. The molecule has 2 rings (SSSR count). The zero-order valence-corrected chi connectivity index (χ0v) is 11.9. The van der Waals surface area contributed by atoms with Gasteiger partial charge in [0.25, 0.3) is 0 Å². The quantitative estimate of drug-likeness (QED) is 0.882. The molecule has 19 heavy (non-hydrogen) atoms. The van der Waals surface area contributed by atoms with Gasteiger partial charge in [0.1, 0.15) is 5.82 Å². The third-order valence-corrected chi connectivity index (χ3v) is 4.22. The second-order valence-electron chi connectivity index (χ2n) is 5.48. The van der Waals surface area contributed by atoms with E-state index in [1.807, 2.05) is 6.07 Å². The Morgan fingerprint density at radius 2 is 2.00 bits per heavy atom. The van der Waals surface area contributed by atoms with Crippen LogP contribution in [-0.2, 0) is 13.1 Å². The van der Waals surface area contributed by atoms with Crippen LogP contribution in [0, 0.1) is 5.82 Å². The highest BCUT2D eigenvalue weighted by Crippen LogP contribution is 2.24. The van der Waals surface area contributed by atoms with E-state index in [9.17, 15) is 4.39 Å². The van der Waals surface area contributed by atoms with Crippen LogP contribution < -0.4 is 5.73 Å². The highest BCUT2D eigenvalue weighted by molar-refractivity contribution is 5.25. The summed E-state index contributed by atoms with van der Waals surface area (Å²) < 4.78 is 13.9. The fraction of sp³-hybridized carbons (Fsp3) is 0.625. The molecule has 1 saturated carbocycles. The summed E-state index contributed by atoms with van der Waals surface area (Å²) in [5.74, 6) is -0.105. The Bertz CT molecular complexity index is 400. The number of nitrogens with two attached hydrogens (primary N) is 1. The van der Waals surface area contributed by atoms with Gasteiger partial charge < -0.3 is 5.73 Å². The maximum atomic E-state index is 13.9. The van der Waals surface area contributed by atoms with Crippen molar-refractivity contribution in [2.24, 2.45) is 5.73 Å². The van der Waals surface area contributed by atoms with Crippen LogP contribution in [0.5, 0.6) is 0 Å². The summed E-state index contributed by atoms with van der Waals surface area (Å²) in [5, 5.41) is 0. The van der Waals surface area contributed by atoms with Gasteiger partial charge in [0.15, 0.2) is 0 Å². The van der Waals surface area contributed by atoms with Gasteiger partial charge in [-0.3, -0.25) is 4.90 Å². The van der Waals surface area contributed by atoms with Crippen LogP contribution in [0.2, 0.25) is 0 Å². The molecule has 0 spiro atoms. The van der Waals surface area contributed by atoms with Crippen molar-refractivity contribution < 1.29 is 4.39 Å². The fourth-order valence-electron chi connectivity index (χ4n) is 3.04. The fourth-order valence-corrected chi connectivity index (χ4v) is 3.04. The van der Waals surface area contributed by atoms with Gasteiger partial charge >= 0.3 is 0 Å². The minimum atomic E-state index is -0.105. The molecular weight excluding hydrogens is 239 g/mol. The SMILES string of the molecule is CCN(Cc1cc(CN)ccc1F)C1CCCCC1. The van der Waals surface area contributed by atoms with E-state index in [1.165, 1.54) is 32.1 Å². The molecule has 1 aromatic carbocycles. The minimum Gasteiger partial charge on any atom is -0.326 e. The summed E-state index contributed by atoms with van der Waals surface area (Å²) in [6, 6.07) is 5.86. The molecule has 0 heterocycles. The summed E-state index contributed by atoms with van der Waals surface area (Å²) in [7, 11) is 0. The lowest BCUT2D eigenvalue weighted by Crippen LogP contribution is -2.36. The molecule has 1 aliphatic rings. The molecule has 0 aromatic heterocycles. The van der Waals surface area contributed by atoms with Crippen LogP contribution in [0.3, 0.4) is 0 Å². The van der Waals surface area contributed by atoms with Gasteiger partial charge in [0.2, 0.25) is 0 Å². The molecule has 1 aromatic rings. The average Bonchev–Trinajstić information content (AvgIpc) is 2.47. The second kappa shape index (κ2) is 7.01. The van der Waals surface area contributed by atoms with Crippen LogP contribution in [0.1, 0.15) is 50.2 Å². The predicted molar refractivity (Wildman–Crippen MR) is 77.2 cm³/mol. The van der Waals surface area contributed by atoms with E-state index in [-0.39, 0.29) is 5.82 Å². The molecule has 1 fully saturated rings. The smallest absolute Gasteiger partial charge is 0.127 e. The number of hydrogen-bond donors (Lipinski definition) is 1. The minimum absolute atomic E-state index is 0.105. The van der Waals surface area contributed by atoms with Gasteiger partial charge in [0, 0.05) is 24.7 Å². The van der Waals surface area contributed by atoms with Gasteiger partial charge in [-0.2, -0.15) is 0 Å². The zero-order chi connectivity index (χ0) is 13.7. The van der Waals surface area contributed by atoms with E-state index in [4.69, 9.17) is 5.73 Å². The van der Waals surface area contributed by atoms with Gasteiger partial charge in [-0.15, -0.1) is 0 Å².